The maximum atomic E-state index is 13.5. The van der Waals surface area contributed by atoms with Crippen molar-refractivity contribution in [2.75, 3.05) is 13.1 Å². The molecule has 0 saturated carbocycles. The van der Waals surface area contributed by atoms with Crippen LogP contribution < -0.4 is 5.32 Å². The monoisotopic (exact) mass is 519 g/mol. The Labute approximate surface area is 215 Å². The maximum absolute atomic E-state index is 13.5. The van der Waals surface area contributed by atoms with E-state index in [4.69, 9.17) is 0 Å². The van der Waals surface area contributed by atoms with Gasteiger partial charge in [-0.05, 0) is 59.2 Å². The molecule has 2 aromatic heterocycles. The number of nitrogens with zero attached hydrogens (tertiary/aromatic N) is 4. The van der Waals surface area contributed by atoms with Gasteiger partial charge in [0.1, 0.15) is 0 Å². The lowest BCUT2D eigenvalue weighted by atomic mass is 10.0. The summed E-state index contributed by atoms with van der Waals surface area (Å²) in [6, 6.07) is 11.6. The fourth-order valence-corrected chi connectivity index (χ4v) is 4.69. The van der Waals surface area contributed by atoms with E-state index in [0.717, 1.165) is 28.8 Å². The molecule has 0 bridgehead atoms. The summed E-state index contributed by atoms with van der Waals surface area (Å²) in [6.07, 6.45) is 5.13. The average molecular weight is 520 g/mol. The summed E-state index contributed by atoms with van der Waals surface area (Å²) in [7, 11) is 0. The molecule has 5 rings (SSSR count). The predicted octanol–water partition coefficient (Wildman–Crippen LogP) is 5.29. The van der Waals surface area contributed by atoms with Crippen molar-refractivity contribution in [1.29, 1.82) is 5.26 Å². The number of hydrogen-bond acceptors (Lipinski definition) is 4. The van der Waals surface area contributed by atoms with Crippen molar-refractivity contribution >= 4 is 23.0 Å². The Kier molecular flexibility index (Phi) is 6.94. The predicted molar refractivity (Wildman–Crippen MR) is 133 cm³/mol. The van der Waals surface area contributed by atoms with Crippen LogP contribution in [0.1, 0.15) is 27.9 Å². The van der Waals surface area contributed by atoms with Gasteiger partial charge in [-0.15, -0.1) is 0 Å². The van der Waals surface area contributed by atoms with Gasteiger partial charge in [-0.1, -0.05) is 12.2 Å². The van der Waals surface area contributed by atoms with Crippen LogP contribution in [0.25, 0.3) is 17.0 Å². The minimum Gasteiger partial charge on any atom is -0.333 e. The molecule has 2 aromatic carbocycles. The van der Waals surface area contributed by atoms with E-state index in [2.05, 4.69) is 21.3 Å². The Morgan fingerprint density at radius 1 is 1.11 bits per heavy atom. The molecule has 0 atom stereocenters. The van der Waals surface area contributed by atoms with E-state index in [-0.39, 0.29) is 18.1 Å². The number of rotatable bonds is 5. The summed E-state index contributed by atoms with van der Waals surface area (Å²) in [5.41, 5.74) is 3.61. The summed E-state index contributed by atoms with van der Waals surface area (Å²) in [5, 5.41) is 13.0. The van der Waals surface area contributed by atoms with Gasteiger partial charge in [0.15, 0.2) is 17.5 Å². The first-order chi connectivity index (χ1) is 18.3. The smallest absolute Gasteiger partial charge is 0.326 e. The average Bonchev–Trinajstić information content (AvgIpc) is 3.23. The van der Waals surface area contributed by atoms with Crippen molar-refractivity contribution in [3.05, 3.63) is 106 Å². The molecule has 0 fully saturated rings. The van der Waals surface area contributed by atoms with E-state index in [1.807, 2.05) is 0 Å². The molecule has 1 N–H and O–H groups in total. The lowest BCUT2D eigenvalue weighted by Gasteiger charge is -2.27. The molecule has 1 aliphatic heterocycles. The normalized spacial score (nSPS) is 13.6. The van der Waals surface area contributed by atoms with E-state index in [9.17, 15) is 27.6 Å². The zero-order valence-electron chi connectivity index (χ0n) is 20.0. The van der Waals surface area contributed by atoms with Crippen molar-refractivity contribution in [1.82, 2.24) is 19.8 Å². The first-order valence-corrected chi connectivity index (χ1v) is 11.8. The van der Waals surface area contributed by atoms with Gasteiger partial charge in [0, 0.05) is 49.9 Å². The third-order valence-electron chi connectivity index (χ3n) is 6.47. The van der Waals surface area contributed by atoms with Gasteiger partial charge in [-0.3, -0.25) is 9.47 Å². The molecule has 1 amide bonds. The number of benzene rings is 2. The summed E-state index contributed by atoms with van der Waals surface area (Å²) < 4.78 is 55.2. The number of amides is 1. The molecule has 6 nitrogen and oxygen atoms in total. The van der Waals surface area contributed by atoms with Crippen LogP contribution in [0.5, 0.6) is 0 Å². The number of carbonyl (C=O) groups excluding carboxylic acids is 1. The number of nitrogens with one attached hydrogen (secondary N) is 1. The maximum Gasteiger partial charge on any atom is 0.326 e. The van der Waals surface area contributed by atoms with E-state index < -0.39 is 23.4 Å². The highest BCUT2D eigenvalue weighted by atomic mass is 19.2. The van der Waals surface area contributed by atoms with Crippen LogP contribution in [0.3, 0.4) is 0 Å². The lowest BCUT2D eigenvalue weighted by molar-refractivity contribution is 0.240. The summed E-state index contributed by atoms with van der Waals surface area (Å²) in [5.74, 6) is -4.63. The van der Waals surface area contributed by atoms with Crippen molar-refractivity contribution in [2.24, 2.45) is 0 Å². The molecular weight excluding hydrogens is 498 g/mol. The van der Waals surface area contributed by atoms with Crippen LogP contribution >= 0.6 is 0 Å². The van der Waals surface area contributed by atoms with E-state index in [1.165, 1.54) is 18.3 Å². The Morgan fingerprint density at radius 3 is 2.63 bits per heavy atom. The minimum atomic E-state index is -1.50. The second-order valence-electron chi connectivity index (χ2n) is 8.94. The fourth-order valence-electron chi connectivity index (χ4n) is 4.69. The van der Waals surface area contributed by atoms with Crippen molar-refractivity contribution in [3.63, 3.8) is 0 Å². The molecule has 1 aliphatic rings. The molecule has 0 spiro atoms. The number of halogens is 4. The number of carbonyl (C=O) groups is 1. The van der Waals surface area contributed by atoms with Crippen LogP contribution in [-0.2, 0) is 19.5 Å². The van der Waals surface area contributed by atoms with Gasteiger partial charge < -0.3 is 5.32 Å². The molecule has 38 heavy (non-hydrogen) atoms. The number of nitriles is 1. The van der Waals surface area contributed by atoms with Crippen LogP contribution in [-0.4, -0.2) is 33.6 Å². The van der Waals surface area contributed by atoms with Gasteiger partial charge in [-0.2, -0.15) is 9.65 Å². The SMILES string of the molecule is N#Cc1ccc2c(c1)c1c(n2C(=O)NCc2ccnc(F)c2)CCN(CC=Cc2cc(F)c(F)c(F)c2)C1. The zero-order chi connectivity index (χ0) is 26.8. The Bertz CT molecular complexity index is 1600. The van der Waals surface area contributed by atoms with Gasteiger partial charge in [0.2, 0.25) is 5.95 Å². The van der Waals surface area contributed by atoms with Gasteiger partial charge in [-0.25, -0.2) is 22.9 Å². The molecule has 0 saturated heterocycles. The zero-order valence-corrected chi connectivity index (χ0v) is 20.0. The number of aromatic nitrogens is 2. The molecule has 10 heteroatoms. The Balaban J connectivity index is 1.39. The molecule has 192 valence electrons. The molecule has 0 aliphatic carbocycles. The summed E-state index contributed by atoms with van der Waals surface area (Å²) >= 11 is 0. The van der Waals surface area contributed by atoms with Crippen molar-refractivity contribution in [3.8, 4) is 6.07 Å². The first-order valence-electron chi connectivity index (χ1n) is 11.8. The molecule has 4 aromatic rings. The van der Waals surface area contributed by atoms with Crippen LogP contribution in [0.2, 0.25) is 0 Å². The third-order valence-corrected chi connectivity index (χ3v) is 6.47. The highest BCUT2D eigenvalue weighted by Gasteiger charge is 2.26. The molecular formula is C28H21F4N5O. The second kappa shape index (κ2) is 10.5. The number of pyridine rings is 1. The van der Waals surface area contributed by atoms with Gasteiger partial charge in [0.25, 0.3) is 0 Å². The van der Waals surface area contributed by atoms with Crippen LogP contribution in [0, 0.1) is 34.7 Å². The van der Waals surface area contributed by atoms with E-state index in [0.29, 0.717) is 42.7 Å². The van der Waals surface area contributed by atoms with Crippen molar-refractivity contribution < 1.29 is 22.4 Å². The van der Waals surface area contributed by atoms with E-state index >= 15 is 0 Å². The second-order valence-corrected chi connectivity index (χ2v) is 8.94. The highest BCUT2D eigenvalue weighted by Crippen LogP contribution is 2.32. The van der Waals surface area contributed by atoms with Gasteiger partial charge in [0.05, 0.1) is 17.1 Å². The fraction of sp³-hybridized carbons (Fsp3) is 0.179. The van der Waals surface area contributed by atoms with E-state index in [1.54, 1.807) is 34.9 Å². The quantitative estimate of drug-likeness (QED) is 0.221. The Morgan fingerprint density at radius 2 is 1.89 bits per heavy atom. The van der Waals surface area contributed by atoms with Crippen LogP contribution in [0.4, 0.5) is 22.4 Å². The lowest BCUT2D eigenvalue weighted by Crippen LogP contribution is -2.34. The van der Waals surface area contributed by atoms with Crippen molar-refractivity contribution in [2.45, 2.75) is 19.5 Å². The molecule has 0 unspecified atom stereocenters. The third kappa shape index (κ3) is 5.01. The van der Waals surface area contributed by atoms with Crippen LogP contribution in [0.15, 0.2) is 54.7 Å². The molecule has 3 heterocycles. The minimum absolute atomic E-state index is 0.116. The summed E-state index contributed by atoms with van der Waals surface area (Å²) in [6.45, 7) is 1.65. The first kappa shape index (κ1) is 25.2. The molecule has 0 radical (unpaired) electrons. The number of hydrogen-bond donors (Lipinski definition) is 1. The Hall–Kier alpha value is -4.49. The largest absolute Gasteiger partial charge is 0.333 e. The standard InChI is InChI=1S/C28H21F4N5O/c29-22-11-17(12-23(30)27(22)32)2-1-8-36-9-6-25-21(16-36)20-10-18(14-33)3-4-24(20)37(25)28(38)35-15-19-5-7-34-26(31)13-19/h1-5,7,10-13H,6,8-9,15-16H2,(H,35,38). The summed E-state index contributed by atoms with van der Waals surface area (Å²) in [4.78, 5) is 18.9. The topological polar surface area (TPSA) is 74.0 Å². The number of fused-ring (bicyclic) bond motifs is 3. The van der Waals surface area contributed by atoms with Gasteiger partial charge >= 0.3 is 6.03 Å². The highest BCUT2D eigenvalue weighted by molar-refractivity contribution is 5.96.